The van der Waals surface area contributed by atoms with E-state index >= 15 is 0 Å². The van der Waals surface area contributed by atoms with Crippen molar-refractivity contribution in [2.75, 3.05) is 14.2 Å². The lowest BCUT2D eigenvalue weighted by Crippen LogP contribution is -1.98. The molecule has 0 N–H and O–H groups in total. The van der Waals surface area contributed by atoms with Crippen LogP contribution in [0.4, 0.5) is 0 Å². The highest BCUT2D eigenvalue weighted by molar-refractivity contribution is 5.78. The predicted molar refractivity (Wildman–Crippen MR) is 75.6 cm³/mol. The van der Waals surface area contributed by atoms with Crippen LogP contribution in [0.2, 0.25) is 0 Å². The van der Waals surface area contributed by atoms with Gasteiger partial charge in [-0.05, 0) is 30.5 Å². The maximum absolute atomic E-state index is 11.5. The Bertz CT molecular complexity index is 458. The van der Waals surface area contributed by atoms with E-state index < -0.39 is 0 Å². The largest absolute Gasteiger partial charge is 0.493 e. The van der Waals surface area contributed by atoms with E-state index in [1.165, 1.54) is 0 Å². The van der Waals surface area contributed by atoms with Gasteiger partial charge in [0.05, 0.1) is 14.2 Å². The number of carbonyl (C=O) groups is 1. The Morgan fingerprint density at radius 2 is 1.95 bits per heavy atom. The lowest BCUT2D eigenvalue weighted by Gasteiger charge is -2.09. The van der Waals surface area contributed by atoms with Crippen LogP contribution in [0.3, 0.4) is 0 Å². The van der Waals surface area contributed by atoms with Crippen molar-refractivity contribution in [1.82, 2.24) is 0 Å². The van der Waals surface area contributed by atoms with Gasteiger partial charge in [-0.1, -0.05) is 6.07 Å². The van der Waals surface area contributed by atoms with Gasteiger partial charge in [0.2, 0.25) is 0 Å². The Balaban J connectivity index is 2.46. The molecular weight excluding hydrogens is 240 g/mol. The van der Waals surface area contributed by atoms with Gasteiger partial charge in [0, 0.05) is 19.3 Å². The van der Waals surface area contributed by atoms with Crippen molar-refractivity contribution in [3.8, 4) is 23.8 Å². The smallest absolute Gasteiger partial charge is 0.160 e. The van der Waals surface area contributed by atoms with Gasteiger partial charge in [-0.25, -0.2) is 0 Å². The summed E-state index contributed by atoms with van der Waals surface area (Å²) in [6.07, 6.45) is 8.41. The first-order valence-electron chi connectivity index (χ1n) is 6.37. The molecule has 0 saturated heterocycles. The van der Waals surface area contributed by atoms with Gasteiger partial charge < -0.3 is 9.47 Å². The number of aryl methyl sites for hydroxylation is 1. The van der Waals surface area contributed by atoms with E-state index in [1.807, 2.05) is 18.2 Å². The molecule has 0 aliphatic heterocycles. The van der Waals surface area contributed by atoms with Gasteiger partial charge in [-0.3, -0.25) is 4.79 Å². The molecule has 3 nitrogen and oxygen atoms in total. The normalized spacial score (nSPS) is 9.74. The zero-order chi connectivity index (χ0) is 14.1. The van der Waals surface area contributed by atoms with E-state index in [2.05, 4.69) is 5.92 Å². The molecule has 19 heavy (non-hydrogen) atoms. The molecule has 0 aromatic heterocycles. The number of rotatable bonds is 8. The van der Waals surface area contributed by atoms with Crippen LogP contribution < -0.4 is 9.47 Å². The van der Waals surface area contributed by atoms with Crippen LogP contribution in [0, 0.1) is 12.3 Å². The molecule has 102 valence electrons. The average Bonchev–Trinajstić information content (AvgIpc) is 2.44. The van der Waals surface area contributed by atoms with Crippen molar-refractivity contribution in [2.24, 2.45) is 0 Å². The first-order valence-corrected chi connectivity index (χ1v) is 6.37. The molecule has 1 aromatic carbocycles. The third kappa shape index (κ3) is 5.05. The van der Waals surface area contributed by atoms with Crippen LogP contribution in [-0.4, -0.2) is 20.0 Å². The zero-order valence-corrected chi connectivity index (χ0v) is 11.6. The van der Waals surface area contributed by atoms with Crippen molar-refractivity contribution >= 4 is 5.78 Å². The van der Waals surface area contributed by atoms with Crippen LogP contribution >= 0.6 is 0 Å². The maximum atomic E-state index is 11.5. The monoisotopic (exact) mass is 260 g/mol. The lowest BCUT2D eigenvalue weighted by atomic mass is 10.0. The molecule has 0 atom stereocenters. The first-order chi connectivity index (χ1) is 9.21. The minimum Gasteiger partial charge on any atom is -0.493 e. The van der Waals surface area contributed by atoms with Crippen molar-refractivity contribution in [3.63, 3.8) is 0 Å². The number of ether oxygens (including phenoxy) is 2. The van der Waals surface area contributed by atoms with Crippen LogP contribution in [0.15, 0.2) is 18.2 Å². The van der Waals surface area contributed by atoms with E-state index in [4.69, 9.17) is 15.9 Å². The summed E-state index contributed by atoms with van der Waals surface area (Å²) in [6, 6.07) is 5.83. The Morgan fingerprint density at radius 1 is 1.21 bits per heavy atom. The Kier molecular flexibility index (Phi) is 6.52. The molecule has 1 rings (SSSR count). The van der Waals surface area contributed by atoms with Gasteiger partial charge in [0.15, 0.2) is 11.5 Å². The summed E-state index contributed by atoms with van der Waals surface area (Å²) in [5.74, 6) is 4.16. The molecule has 0 aliphatic rings. The topological polar surface area (TPSA) is 35.5 Å². The Labute approximate surface area is 114 Å². The SMILES string of the molecule is C#CCCC(=O)CCCc1ccc(OC)c(OC)c1. The van der Waals surface area contributed by atoms with E-state index in [9.17, 15) is 4.79 Å². The highest BCUT2D eigenvalue weighted by atomic mass is 16.5. The second-order valence-electron chi connectivity index (χ2n) is 4.29. The van der Waals surface area contributed by atoms with Gasteiger partial charge in [0.25, 0.3) is 0 Å². The van der Waals surface area contributed by atoms with Gasteiger partial charge in [0.1, 0.15) is 5.78 Å². The zero-order valence-electron chi connectivity index (χ0n) is 11.6. The fourth-order valence-electron chi connectivity index (χ4n) is 1.86. The molecule has 0 heterocycles. The van der Waals surface area contributed by atoms with Crippen LogP contribution in [-0.2, 0) is 11.2 Å². The summed E-state index contributed by atoms with van der Waals surface area (Å²) in [5, 5.41) is 0. The molecule has 0 spiro atoms. The minimum absolute atomic E-state index is 0.235. The first kappa shape index (κ1) is 15.1. The molecule has 0 bridgehead atoms. The fourth-order valence-corrected chi connectivity index (χ4v) is 1.86. The van der Waals surface area contributed by atoms with Crippen LogP contribution in [0.5, 0.6) is 11.5 Å². The predicted octanol–water partition coefficient (Wildman–Crippen LogP) is 3.01. The number of methoxy groups -OCH3 is 2. The third-order valence-electron chi connectivity index (χ3n) is 2.92. The molecule has 0 saturated carbocycles. The number of ketones is 1. The molecular formula is C16H20O3. The molecule has 3 heteroatoms. The minimum atomic E-state index is 0.235. The summed E-state index contributed by atoms with van der Waals surface area (Å²) in [4.78, 5) is 11.5. The number of terminal acetylenes is 1. The molecule has 0 amide bonds. The Hall–Kier alpha value is -1.95. The van der Waals surface area contributed by atoms with Crippen molar-refractivity contribution in [1.29, 1.82) is 0 Å². The fraction of sp³-hybridized carbons (Fsp3) is 0.438. The highest BCUT2D eigenvalue weighted by Gasteiger charge is 2.05. The summed E-state index contributed by atoms with van der Waals surface area (Å²) in [5.41, 5.74) is 1.14. The molecule has 0 unspecified atom stereocenters. The van der Waals surface area contributed by atoms with Gasteiger partial charge >= 0.3 is 0 Å². The van der Waals surface area contributed by atoms with E-state index in [0.29, 0.717) is 19.3 Å². The van der Waals surface area contributed by atoms with Crippen LogP contribution in [0.1, 0.15) is 31.2 Å². The summed E-state index contributed by atoms with van der Waals surface area (Å²) in [7, 11) is 3.23. The second kappa shape index (κ2) is 8.20. The lowest BCUT2D eigenvalue weighted by molar-refractivity contribution is -0.119. The standard InChI is InChI=1S/C16H20O3/c1-4-5-8-14(17)9-6-7-13-10-11-15(18-2)16(12-13)19-3/h1,10-12H,5-9H2,2-3H3. The maximum Gasteiger partial charge on any atom is 0.160 e. The van der Waals surface area contributed by atoms with E-state index in [1.54, 1.807) is 14.2 Å². The molecule has 0 aliphatic carbocycles. The van der Waals surface area contributed by atoms with Crippen molar-refractivity contribution in [3.05, 3.63) is 23.8 Å². The summed E-state index contributed by atoms with van der Waals surface area (Å²) in [6.45, 7) is 0. The number of hydrogen-bond acceptors (Lipinski definition) is 3. The third-order valence-corrected chi connectivity index (χ3v) is 2.92. The number of hydrogen-bond donors (Lipinski definition) is 0. The molecule has 1 aromatic rings. The summed E-state index contributed by atoms with van der Waals surface area (Å²) < 4.78 is 10.4. The summed E-state index contributed by atoms with van der Waals surface area (Å²) >= 11 is 0. The molecule has 0 radical (unpaired) electrons. The number of Topliss-reactive ketones (excluding diaryl/α,β-unsaturated/α-hetero) is 1. The van der Waals surface area contributed by atoms with Crippen LogP contribution in [0.25, 0.3) is 0 Å². The second-order valence-corrected chi connectivity index (χ2v) is 4.29. The highest BCUT2D eigenvalue weighted by Crippen LogP contribution is 2.28. The molecule has 0 fully saturated rings. The van der Waals surface area contributed by atoms with E-state index in [-0.39, 0.29) is 5.78 Å². The van der Waals surface area contributed by atoms with E-state index in [0.717, 1.165) is 29.9 Å². The number of benzene rings is 1. The average molecular weight is 260 g/mol. The van der Waals surface area contributed by atoms with Gasteiger partial charge in [-0.15, -0.1) is 12.3 Å². The van der Waals surface area contributed by atoms with Gasteiger partial charge in [-0.2, -0.15) is 0 Å². The Morgan fingerprint density at radius 3 is 2.58 bits per heavy atom. The van der Waals surface area contributed by atoms with Crippen molar-refractivity contribution in [2.45, 2.75) is 32.1 Å². The quantitative estimate of drug-likeness (QED) is 0.674. The van der Waals surface area contributed by atoms with Crippen molar-refractivity contribution < 1.29 is 14.3 Å². The number of carbonyl (C=O) groups excluding carboxylic acids is 1.